The third-order valence-corrected chi connectivity index (χ3v) is 6.01. The van der Waals surface area contributed by atoms with Crippen LogP contribution in [0, 0.1) is 6.92 Å². The molecule has 3 aromatic rings. The summed E-state index contributed by atoms with van der Waals surface area (Å²) < 4.78 is 27.5. The molecule has 0 radical (unpaired) electrons. The third kappa shape index (κ3) is 4.93. The molecule has 0 N–H and O–H groups in total. The van der Waals surface area contributed by atoms with Crippen molar-refractivity contribution in [3.8, 4) is 11.5 Å². The maximum Gasteiger partial charge on any atom is 0.343 e. The fourth-order valence-electron chi connectivity index (χ4n) is 2.67. The van der Waals surface area contributed by atoms with Crippen LogP contribution < -0.4 is 9.47 Å². The molecule has 6 nitrogen and oxygen atoms in total. The van der Waals surface area contributed by atoms with E-state index in [9.17, 15) is 13.8 Å². The van der Waals surface area contributed by atoms with Crippen molar-refractivity contribution in [3.63, 3.8) is 0 Å². The zero-order valence-corrected chi connectivity index (χ0v) is 17.6. The van der Waals surface area contributed by atoms with Crippen LogP contribution in [-0.2, 0) is 9.73 Å². The SMILES string of the molecule is COc1ccc(C(=O)N=S(C)(=O)c2ccccc2)c(OC(=O)c2ccc(C)cc2)c1. The molecule has 1 atom stereocenters. The Balaban J connectivity index is 1.98. The fraction of sp³-hybridized carbons (Fsp3) is 0.130. The molecule has 0 spiro atoms. The van der Waals surface area contributed by atoms with E-state index in [1.165, 1.54) is 25.5 Å². The number of aryl methyl sites for hydroxylation is 1. The molecule has 0 aliphatic rings. The lowest BCUT2D eigenvalue weighted by molar-refractivity contribution is 0.0732. The van der Waals surface area contributed by atoms with Gasteiger partial charge in [-0.2, -0.15) is 4.36 Å². The van der Waals surface area contributed by atoms with Crippen LogP contribution in [0.25, 0.3) is 0 Å². The molecule has 0 saturated carbocycles. The van der Waals surface area contributed by atoms with Crippen molar-refractivity contribution >= 4 is 21.6 Å². The first-order valence-corrected chi connectivity index (χ1v) is 11.0. The summed E-state index contributed by atoms with van der Waals surface area (Å²) in [5, 5.41) is 0. The normalized spacial score (nSPS) is 12.5. The summed E-state index contributed by atoms with van der Waals surface area (Å²) in [7, 11) is -1.51. The number of hydrogen-bond donors (Lipinski definition) is 0. The Morgan fingerprint density at radius 2 is 1.60 bits per heavy atom. The molecule has 0 bridgehead atoms. The van der Waals surface area contributed by atoms with Crippen molar-refractivity contribution in [3.05, 3.63) is 89.5 Å². The van der Waals surface area contributed by atoms with E-state index in [4.69, 9.17) is 9.47 Å². The summed E-state index contributed by atoms with van der Waals surface area (Å²) in [6, 6.07) is 19.8. The number of rotatable bonds is 5. The summed E-state index contributed by atoms with van der Waals surface area (Å²) in [6.07, 6.45) is 1.39. The first-order valence-electron chi connectivity index (χ1n) is 9.08. The van der Waals surface area contributed by atoms with Gasteiger partial charge < -0.3 is 9.47 Å². The van der Waals surface area contributed by atoms with Gasteiger partial charge >= 0.3 is 5.97 Å². The second-order valence-electron chi connectivity index (χ2n) is 6.63. The zero-order valence-electron chi connectivity index (χ0n) is 16.8. The van der Waals surface area contributed by atoms with E-state index in [-0.39, 0.29) is 11.3 Å². The minimum atomic E-state index is -2.97. The van der Waals surface area contributed by atoms with Gasteiger partial charge in [-0.1, -0.05) is 35.9 Å². The van der Waals surface area contributed by atoms with E-state index in [0.717, 1.165) is 5.56 Å². The summed E-state index contributed by atoms with van der Waals surface area (Å²) in [4.78, 5) is 25.8. The number of benzene rings is 3. The van der Waals surface area contributed by atoms with E-state index < -0.39 is 21.6 Å². The Bertz CT molecular complexity index is 1190. The molecule has 0 aromatic heterocycles. The topological polar surface area (TPSA) is 82.0 Å². The molecule has 0 heterocycles. The van der Waals surface area contributed by atoms with Gasteiger partial charge in [0, 0.05) is 17.2 Å². The minimum Gasteiger partial charge on any atom is -0.497 e. The van der Waals surface area contributed by atoms with Crippen LogP contribution >= 0.6 is 0 Å². The summed E-state index contributed by atoms with van der Waals surface area (Å²) in [6.45, 7) is 1.91. The highest BCUT2D eigenvalue weighted by Crippen LogP contribution is 2.27. The molecule has 7 heteroatoms. The number of hydrogen-bond acceptors (Lipinski definition) is 5. The van der Waals surface area contributed by atoms with Gasteiger partial charge in [0.1, 0.15) is 11.5 Å². The molecule has 0 fully saturated rings. The van der Waals surface area contributed by atoms with Crippen molar-refractivity contribution < 1.29 is 23.3 Å². The lowest BCUT2D eigenvalue weighted by Gasteiger charge is -2.11. The first-order chi connectivity index (χ1) is 14.3. The number of carbonyl (C=O) groups excluding carboxylic acids is 2. The Kier molecular flexibility index (Phi) is 6.32. The lowest BCUT2D eigenvalue weighted by Crippen LogP contribution is -2.12. The van der Waals surface area contributed by atoms with Gasteiger partial charge in [-0.15, -0.1) is 0 Å². The van der Waals surface area contributed by atoms with Gasteiger partial charge in [-0.05, 0) is 43.3 Å². The highest BCUT2D eigenvalue weighted by molar-refractivity contribution is 7.93. The molecular formula is C23H21NO5S. The number of esters is 1. The Morgan fingerprint density at radius 3 is 2.23 bits per heavy atom. The smallest absolute Gasteiger partial charge is 0.343 e. The second-order valence-corrected chi connectivity index (χ2v) is 8.89. The lowest BCUT2D eigenvalue weighted by atomic mass is 10.1. The first kappa shape index (κ1) is 21.3. The molecule has 30 heavy (non-hydrogen) atoms. The van der Waals surface area contributed by atoms with Crippen LogP contribution in [0.3, 0.4) is 0 Å². The summed E-state index contributed by atoms with van der Waals surface area (Å²) >= 11 is 0. The van der Waals surface area contributed by atoms with E-state index in [1.807, 2.05) is 6.92 Å². The van der Waals surface area contributed by atoms with Gasteiger partial charge in [0.2, 0.25) is 0 Å². The van der Waals surface area contributed by atoms with Crippen molar-refractivity contribution in [2.45, 2.75) is 11.8 Å². The van der Waals surface area contributed by atoms with Crippen LogP contribution in [0.15, 0.2) is 82.1 Å². The average molecular weight is 423 g/mol. The predicted octanol–water partition coefficient (Wildman–Crippen LogP) is 4.52. The summed E-state index contributed by atoms with van der Waals surface area (Å²) in [5.41, 5.74) is 1.35. The third-order valence-electron chi connectivity index (χ3n) is 4.35. The standard InChI is InChI=1S/C23H21NO5S/c1-16-9-11-17(12-10-16)23(26)29-21-15-18(28-2)13-14-20(21)22(25)24-30(3,27)19-7-5-4-6-8-19/h4-15H,1-3H3. The molecule has 1 unspecified atom stereocenters. The van der Waals surface area contributed by atoms with Gasteiger partial charge in [-0.3, -0.25) is 4.79 Å². The number of nitrogens with zero attached hydrogens (tertiary/aromatic N) is 1. The average Bonchev–Trinajstić information content (AvgIpc) is 2.74. The second kappa shape index (κ2) is 8.92. The highest BCUT2D eigenvalue weighted by Gasteiger charge is 2.19. The monoisotopic (exact) mass is 423 g/mol. The van der Waals surface area contributed by atoms with E-state index in [0.29, 0.717) is 16.2 Å². The van der Waals surface area contributed by atoms with Crippen molar-refractivity contribution in [1.29, 1.82) is 0 Å². The van der Waals surface area contributed by atoms with Gasteiger partial charge in [-0.25, -0.2) is 9.00 Å². The zero-order chi connectivity index (χ0) is 21.7. The molecule has 154 valence electrons. The Hall–Kier alpha value is -3.45. The quantitative estimate of drug-likeness (QED) is 0.445. The molecular weight excluding hydrogens is 402 g/mol. The van der Waals surface area contributed by atoms with E-state index >= 15 is 0 Å². The Morgan fingerprint density at radius 1 is 0.933 bits per heavy atom. The largest absolute Gasteiger partial charge is 0.497 e. The van der Waals surface area contributed by atoms with Crippen LogP contribution in [0.4, 0.5) is 0 Å². The fourth-order valence-corrected chi connectivity index (χ4v) is 3.85. The van der Waals surface area contributed by atoms with Crippen molar-refractivity contribution in [2.24, 2.45) is 4.36 Å². The number of carbonyl (C=O) groups is 2. The molecule has 1 amide bonds. The van der Waals surface area contributed by atoms with Crippen LogP contribution in [0.1, 0.15) is 26.3 Å². The maximum atomic E-state index is 13.0. The molecule has 0 aliphatic heterocycles. The van der Waals surface area contributed by atoms with Crippen molar-refractivity contribution in [2.75, 3.05) is 13.4 Å². The van der Waals surface area contributed by atoms with Gasteiger partial charge in [0.25, 0.3) is 5.91 Å². The van der Waals surface area contributed by atoms with E-state index in [2.05, 4.69) is 4.36 Å². The molecule has 0 saturated heterocycles. The van der Waals surface area contributed by atoms with Gasteiger partial charge in [0.05, 0.1) is 28.0 Å². The van der Waals surface area contributed by atoms with Crippen molar-refractivity contribution in [1.82, 2.24) is 0 Å². The number of amides is 1. The number of ether oxygens (including phenoxy) is 2. The predicted molar refractivity (Wildman–Crippen MR) is 115 cm³/mol. The molecule has 3 aromatic carbocycles. The summed E-state index contributed by atoms with van der Waals surface area (Å²) in [5.74, 6) is -0.992. The number of methoxy groups -OCH3 is 1. The maximum absolute atomic E-state index is 13.0. The molecule has 3 rings (SSSR count). The van der Waals surface area contributed by atoms with E-state index in [1.54, 1.807) is 60.7 Å². The molecule has 0 aliphatic carbocycles. The van der Waals surface area contributed by atoms with Gasteiger partial charge in [0.15, 0.2) is 0 Å². The van der Waals surface area contributed by atoms with Crippen LogP contribution in [0.2, 0.25) is 0 Å². The minimum absolute atomic E-state index is 0.0155. The highest BCUT2D eigenvalue weighted by atomic mass is 32.2. The van der Waals surface area contributed by atoms with Crippen LogP contribution in [-0.4, -0.2) is 29.5 Å². The van der Waals surface area contributed by atoms with Crippen LogP contribution in [0.5, 0.6) is 11.5 Å². The Labute approximate surface area is 175 Å².